The van der Waals surface area contributed by atoms with E-state index in [9.17, 15) is 13.2 Å². The lowest BCUT2D eigenvalue weighted by atomic mass is 10.1. The van der Waals surface area contributed by atoms with Gasteiger partial charge in [-0.1, -0.05) is 30.3 Å². The van der Waals surface area contributed by atoms with Gasteiger partial charge in [-0.25, -0.2) is 8.42 Å². The van der Waals surface area contributed by atoms with Crippen molar-refractivity contribution in [3.05, 3.63) is 65.6 Å². The molecule has 30 heavy (non-hydrogen) atoms. The van der Waals surface area contributed by atoms with Crippen molar-refractivity contribution in [1.82, 2.24) is 5.32 Å². The molecule has 0 aliphatic carbocycles. The van der Waals surface area contributed by atoms with Crippen molar-refractivity contribution in [2.45, 2.75) is 18.7 Å². The van der Waals surface area contributed by atoms with Gasteiger partial charge in [-0.05, 0) is 25.1 Å². The molecule has 0 radical (unpaired) electrons. The van der Waals surface area contributed by atoms with Gasteiger partial charge in [0.15, 0.2) is 26.9 Å². The van der Waals surface area contributed by atoms with Crippen LogP contribution >= 0.6 is 0 Å². The minimum Gasteiger partial charge on any atom is -0.493 e. The molecule has 2 aromatic heterocycles. The summed E-state index contributed by atoms with van der Waals surface area (Å²) >= 11 is 0. The van der Waals surface area contributed by atoms with Gasteiger partial charge in [0.25, 0.3) is 5.91 Å². The van der Waals surface area contributed by atoms with E-state index in [0.717, 1.165) is 11.6 Å². The number of fused-ring (bicyclic) bond motifs is 2. The van der Waals surface area contributed by atoms with Gasteiger partial charge < -0.3 is 18.9 Å². The van der Waals surface area contributed by atoms with Crippen LogP contribution in [-0.2, 0) is 15.6 Å². The Morgan fingerprint density at radius 1 is 1.13 bits per heavy atom. The van der Waals surface area contributed by atoms with E-state index in [4.69, 9.17) is 13.6 Å². The zero-order valence-corrected chi connectivity index (χ0v) is 17.6. The lowest BCUT2D eigenvalue weighted by Crippen LogP contribution is -2.27. The van der Waals surface area contributed by atoms with Crippen molar-refractivity contribution >= 4 is 37.7 Å². The molecule has 0 saturated carbocycles. The van der Waals surface area contributed by atoms with Crippen LogP contribution in [0.15, 0.2) is 57.4 Å². The quantitative estimate of drug-likeness (QED) is 0.495. The molecule has 2 aromatic carbocycles. The molecule has 1 atom stereocenters. The summed E-state index contributed by atoms with van der Waals surface area (Å²) in [6, 6.07) is 13.9. The average molecular weight is 427 g/mol. The number of nitrogens with one attached hydrogen (secondary N) is 1. The Bertz CT molecular complexity index is 1350. The monoisotopic (exact) mass is 427 g/mol. The first kappa shape index (κ1) is 20.0. The number of ether oxygens (including phenoxy) is 1. The summed E-state index contributed by atoms with van der Waals surface area (Å²) in [6.07, 6.45) is 1.13. The number of sulfone groups is 1. The van der Waals surface area contributed by atoms with Crippen molar-refractivity contribution in [2.75, 3.05) is 13.4 Å². The molecule has 1 N–H and O–H groups in total. The third kappa shape index (κ3) is 3.78. The number of benzene rings is 2. The Hall–Kier alpha value is -3.26. The van der Waals surface area contributed by atoms with Gasteiger partial charge >= 0.3 is 0 Å². The van der Waals surface area contributed by atoms with Crippen LogP contribution in [-0.4, -0.2) is 27.7 Å². The Labute approximate surface area is 173 Å². The van der Waals surface area contributed by atoms with E-state index in [2.05, 4.69) is 5.32 Å². The number of carbonyl (C=O) groups excluding carboxylic acids is 1. The highest BCUT2D eigenvalue weighted by Crippen LogP contribution is 2.32. The first-order chi connectivity index (χ1) is 14.3. The number of hydrogen-bond donors (Lipinski definition) is 1. The van der Waals surface area contributed by atoms with Crippen molar-refractivity contribution < 1.29 is 26.8 Å². The van der Waals surface area contributed by atoms with Crippen LogP contribution in [0.2, 0.25) is 0 Å². The predicted octanol–water partition coefficient (Wildman–Crippen LogP) is 4.22. The minimum absolute atomic E-state index is 0.0119. The Balaban J connectivity index is 1.67. The molecular formula is C22H21NO6S. The standard InChI is InChI=1S/C22H21NO6S/c1-13(19-11-14-7-6-10-18(27-2)20(14)29-19)23-22(24)21-16(12-30(3,25)26)15-8-4-5-9-17(15)28-21/h4-11,13H,12H2,1-3H3,(H,23,24). The van der Waals surface area contributed by atoms with Gasteiger partial charge in [0.05, 0.1) is 18.9 Å². The van der Waals surface area contributed by atoms with Crippen molar-refractivity contribution in [1.29, 1.82) is 0 Å². The fourth-order valence-corrected chi connectivity index (χ4v) is 4.26. The summed E-state index contributed by atoms with van der Waals surface area (Å²) in [7, 11) is -1.81. The predicted molar refractivity (Wildman–Crippen MR) is 113 cm³/mol. The number of furan rings is 2. The van der Waals surface area contributed by atoms with Gasteiger partial charge in [-0.3, -0.25) is 4.79 Å². The van der Waals surface area contributed by atoms with Gasteiger partial charge in [-0.15, -0.1) is 0 Å². The number of amides is 1. The molecule has 0 fully saturated rings. The van der Waals surface area contributed by atoms with Crippen LogP contribution in [0.5, 0.6) is 5.75 Å². The molecule has 156 valence electrons. The van der Waals surface area contributed by atoms with E-state index in [-0.39, 0.29) is 11.5 Å². The largest absolute Gasteiger partial charge is 0.493 e. The summed E-state index contributed by atoms with van der Waals surface area (Å²) in [5.74, 6) is 0.337. The molecule has 0 bridgehead atoms. The van der Waals surface area contributed by atoms with E-state index < -0.39 is 21.8 Å². The maximum atomic E-state index is 13.0. The normalized spacial score (nSPS) is 12.9. The fraction of sp³-hybridized carbons (Fsp3) is 0.227. The average Bonchev–Trinajstić information content (AvgIpc) is 3.29. The maximum Gasteiger partial charge on any atom is 0.287 e. The third-order valence-corrected chi connectivity index (χ3v) is 5.65. The Morgan fingerprint density at radius 2 is 1.90 bits per heavy atom. The van der Waals surface area contributed by atoms with E-state index in [1.54, 1.807) is 44.4 Å². The number of methoxy groups -OCH3 is 1. The van der Waals surface area contributed by atoms with Gasteiger partial charge in [-0.2, -0.15) is 0 Å². The molecule has 0 aliphatic heterocycles. The second kappa shape index (κ2) is 7.53. The molecular weight excluding hydrogens is 406 g/mol. The molecule has 0 saturated heterocycles. The SMILES string of the molecule is COc1cccc2cc(C(C)NC(=O)c3oc4ccccc4c3CS(C)(=O)=O)oc12. The van der Waals surface area contributed by atoms with Crippen LogP contribution in [0, 0.1) is 0 Å². The molecule has 4 aromatic rings. The summed E-state index contributed by atoms with van der Waals surface area (Å²) < 4.78 is 40.8. The van der Waals surface area contributed by atoms with E-state index in [1.807, 2.05) is 18.2 Å². The smallest absolute Gasteiger partial charge is 0.287 e. The number of carbonyl (C=O) groups is 1. The van der Waals surface area contributed by atoms with Crippen LogP contribution in [0.25, 0.3) is 21.9 Å². The zero-order chi connectivity index (χ0) is 21.5. The third-order valence-electron chi connectivity index (χ3n) is 4.83. The van der Waals surface area contributed by atoms with E-state index in [1.165, 1.54) is 0 Å². The van der Waals surface area contributed by atoms with Crippen LogP contribution in [0.4, 0.5) is 0 Å². The highest BCUT2D eigenvalue weighted by atomic mass is 32.2. The molecule has 0 spiro atoms. The molecule has 4 rings (SSSR count). The van der Waals surface area contributed by atoms with Gasteiger partial charge in [0.1, 0.15) is 11.3 Å². The molecule has 2 heterocycles. The molecule has 1 unspecified atom stereocenters. The first-order valence-corrected chi connectivity index (χ1v) is 11.4. The molecule has 1 amide bonds. The number of hydrogen-bond acceptors (Lipinski definition) is 6. The number of para-hydroxylation sites is 2. The molecule has 8 heteroatoms. The van der Waals surface area contributed by atoms with Crippen molar-refractivity contribution in [2.24, 2.45) is 0 Å². The first-order valence-electron chi connectivity index (χ1n) is 9.32. The highest BCUT2D eigenvalue weighted by molar-refractivity contribution is 7.89. The highest BCUT2D eigenvalue weighted by Gasteiger charge is 2.25. The topological polar surface area (TPSA) is 98.7 Å². The van der Waals surface area contributed by atoms with Crippen LogP contribution in [0.1, 0.15) is 34.8 Å². The Kier molecular flexibility index (Phi) is 5.03. The Morgan fingerprint density at radius 3 is 2.63 bits per heavy atom. The van der Waals surface area contributed by atoms with Gasteiger partial charge in [0, 0.05) is 22.6 Å². The van der Waals surface area contributed by atoms with E-state index >= 15 is 0 Å². The van der Waals surface area contributed by atoms with Crippen LogP contribution < -0.4 is 10.1 Å². The maximum absolute atomic E-state index is 13.0. The summed E-state index contributed by atoms with van der Waals surface area (Å²) in [5.41, 5.74) is 1.41. The fourth-order valence-electron chi connectivity index (χ4n) is 3.45. The summed E-state index contributed by atoms with van der Waals surface area (Å²) in [6.45, 7) is 1.78. The summed E-state index contributed by atoms with van der Waals surface area (Å²) in [4.78, 5) is 13.0. The van der Waals surface area contributed by atoms with Gasteiger partial charge in [0.2, 0.25) is 0 Å². The minimum atomic E-state index is -3.37. The lowest BCUT2D eigenvalue weighted by Gasteiger charge is -2.11. The lowest BCUT2D eigenvalue weighted by molar-refractivity contribution is 0.0909. The molecule has 0 aliphatic rings. The zero-order valence-electron chi connectivity index (χ0n) is 16.8. The second-order valence-electron chi connectivity index (χ2n) is 7.20. The number of rotatable bonds is 6. The van der Waals surface area contributed by atoms with Crippen molar-refractivity contribution in [3.8, 4) is 5.75 Å². The van der Waals surface area contributed by atoms with Crippen molar-refractivity contribution in [3.63, 3.8) is 0 Å². The summed E-state index contributed by atoms with van der Waals surface area (Å²) in [5, 5.41) is 4.30. The second-order valence-corrected chi connectivity index (χ2v) is 9.34. The molecule has 7 nitrogen and oxygen atoms in total. The van der Waals surface area contributed by atoms with Crippen LogP contribution in [0.3, 0.4) is 0 Å². The van der Waals surface area contributed by atoms with E-state index in [0.29, 0.717) is 33.6 Å².